The van der Waals surface area contributed by atoms with Crippen LogP contribution in [0.25, 0.3) is 12.2 Å². The van der Waals surface area contributed by atoms with Crippen LogP contribution in [0, 0.1) is 0 Å². The summed E-state index contributed by atoms with van der Waals surface area (Å²) >= 11 is 0. The molecule has 1 saturated carbocycles. The molecule has 0 aromatic heterocycles. The fourth-order valence-electron chi connectivity index (χ4n) is 4.51. The molecule has 0 saturated heterocycles. The van der Waals surface area contributed by atoms with Gasteiger partial charge < -0.3 is 19.3 Å². The van der Waals surface area contributed by atoms with Crippen LogP contribution in [0.5, 0.6) is 0 Å². The highest BCUT2D eigenvalue weighted by molar-refractivity contribution is 6.15. The molecule has 7 heteroatoms. The van der Waals surface area contributed by atoms with Crippen LogP contribution in [0.15, 0.2) is 85.0 Å². The van der Waals surface area contributed by atoms with Crippen molar-refractivity contribution in [2.24, 2.45) is 0 Å². The lowest BCUT2D eigenvalue weighted by atomic mass is 10.1. The minimum absolute atomic E-state index is 0.0894. The van der Waals surface area contributed by atoms with Gasteiger partial charge in [-0.1, -0.05) is 37.4 Å². The number of carbonyl (C=O) groups is 3. The number of benzene rings is 2. The first-order valence-electron chi connectivity index (χ1n) is 13.6. The molecule has 0 amide bonds. The van der Waals surface area contributed by atoms with Crippen LogP contribution in [-0.4, -0.2) is 57.1 Å². The topological polar surface area (TPSA) is 76.2 Å². The maximum atomic E-state index is 13.1. The highest BCUT2D eigenvalue weighted by atomic mass is 16.5. The molecule has 3 rings (SSSR count). The first-order valence-corrected chi connectivity index (χ1v) is 13.6. The number of Topliss-reactive ketones (excluding diaryl/α,β-unsaturated/α-hetero) is 1. The molecule has 0 radical (unpaired) electrons. The Balaban J connectivity index is 1.61. The molecule has 1 fully saturated rings. The second-order valence-electron chi connectivity index (χ2n) is 9.25. The van der Waals surface area contributed by atoms with E-state index in [1.54, 1.807) is 0 Å². The van der Waals surface area contributed by atoms with E-state index in [1.165, 1.54) is 0 Å². The average Bonchev–Trinajstić information content (AvgIpc) is 3.32. The lowest BCUT2D eigenvalue weighted by molar-refractivity contribution is -0.138. The standard InChI is InChI=1S/C33H38N2O5/c1-5-31(36)39-21-19-34(7-3)29-15-9-25(10-16-29)23-27-13-14-28(33(27)38)24-26-11-17-30(18-12-26)35(8-4)20-22-40-32(37)6-2/h5-6,9-12,15-18,23-24H,1-2,7-8,13-14,19-22H2,3-4H3. The number of likely N-dealkylation sites (N-methyl/N-ethyl adjacent to an activating group) is 2. The molecule has 0 aliphatic heterocycles. The Labute approximate surface area is 237 Å². The third kappa shape index (κ3) is 8.56. The molecule has 1 aliphatic carbocycles. The van der Waals surface area contributed by atoms with Crippen molar-refractivity contribution in [3.05, 3.63) is 96.1 Å². The molecule has 7 nitrogen and oxygen atoms in total. The summed E-state index contributed by atoms with van der Waals surface area (Å²) in [6, 6.07) is 16.1. The smallest absolute Gasteiger partial charge is 0.330 e. The van der Waals surface area contributed by atoms with Gasteiger partial charge in [0, 0.05) is 47.8 Å². The van der Waals surface area contributed by atoms with Crippen LogP contribution in [0.2, 0.25) is 0 Å². The summed E-state index contributed by atoms with van der Waals surface area (Å²) in [6.45, 7) is 14.2. The second-order valence-corrected chi connectivity index (χ2v) is 9.25. The van der Waals surface area contributed by atoms with E-state index in [9.17, 15) is 14.4 Å². The van der Waals surface area contributed by atoms with Gasteiger partial charge >= 0.3 is 11.9 Å². The third-order valence-electron chi connectivity index (χ3n) is 6.75. The normalized spacial score (nSPS) is 14.7. The lowest BCUT2D eigenvalue weighted by Gasteiger charge is -2.23. The number of esters is 2. The average molecular weight is 543 g/mol. The molecular weight excluding hydrogens is 504 g/mol. The Morgan fingerprint density at radius 1 is 0.725 bits per heavy atom. The Kier molecular flexibility index (Phi) is 11.5. The summed E-state index contributed by atoms with van der Waals surface area (Å²) < 4.78 is 10.2. The molecule has 210 valence electrons. The van der Waals surface area contributed by atoms with Crippen molar-refractivity contribution in [3.63, 3.8) is 0 Å². The summed E-state index contributed by atoms with van der Waals surface area (Å²) in [5.74, 6) is -0.756. The molecule has 2 aromatic rings. The molecule has 2 aromatic carbocycles. The van der Waals surface area contributed by atoms with Crippen molar-refractivity contribution in [2.75, 3.05) is 49.2 Å². The first kappa shape index (κ1) is 30.2. The van der Waals surface area contributed by atoms with Gasteiger partial charge in [-0.3, -0.25) is 4.79 Å². The van der Waals surface area contributed by atoms with Gasteiger partial charge in [0.05, 0.1) is 13.1 Å². The van der Waals surface area contributed by atoms with Crippen molar-refractivity contribution in [1.29, 1.82) is 0 Å². The fraction of sp³-hybridized carbons (Fsp3) is 0.303. The number of nitrogens with zero attached hydrogens (tertiary/aromatic N) is 2. The van der Waals surface area contributed by atoms with Gasteiger partial charge in [0.1, 0.15) is 13.2 Å². The van der Waals surface area contributed by atoms with Crippen molar-refractivity contribution in [2.45, 2.75) is 26.7 Å². The van der Waals surface area contributed by atoms with E-state index in [0.29, 0.717) is 39.1 Å². The van der Waals surface area contributed by atoms with Gasteiger partial charge in [-0.2, -0.15) is 0 Å². The number of ketones is 1. The van der Waals surface area contributed by atoms with Crippen LogP contribution < -0.4 is 9.80 Å². The highest BCUT2D eigenvalue weighted by Gasteiger charge is 2.23. The van der Waals surface area contributed by atoms with Gasteiger partial charge in [0.15, 0.2) is 5.78 Å². The Morgan fingerprint density at radius 3 is 1.43 bits per heavy atom. The highest BCUT2D eigenvalue weighted by Crippen LogP contribution is 2.30. The lowest BCUT2D eigenvalue weighted by Crippen LogP contribution is -2.27. The van der Waals surface area contributed by atoms with E-state index in [4.69, 9.17) is 9.47 Å². The van der Waals surface area contributed by atoms with E-state index in [0.717, 1.165) is 58.9 Å². The zero-order valence-electron chi connectivity index (χ0n) is 23.4. The third-order valence-corrected chi connectivity index (χ3v) is 6.75. The van der Waals surface area contributed by atoms with E-state index in [-0.39, 0.29) is 5.78 Å². The van der Waals surface area contributed by atoms with Crippen molar-refractivity contribution >= 4 is 41.2 Å². The summed E-state index contributed by atoms with van der Waals surface area (Å²) in [7, 11) is 0. The summed E-state index contributed by atoms with van der Waals surface area (Å²) in [5, 5.41) is 0. The van der Waals surface area contributed by atoms with Gasteiger partial charge in [0.25, 0.3) is 0 Å². The number of allylic oxidation sites excluding steroid dienone is 2. The monoisotopic (exact) mass is 542 g/mol. The number of hydrogen-bond acceptors (Lipinski definition) is 7. The maximum Gasteiger partial charge on any atom is 0.330 e. The zero-order chi connectivity index (χ0) is 28.9. The molecule has 1 aliphatic rings. The summed E-state index contributed by atoms with van der Waals surface area (Å²) in [5.41, 5.74) is 5.63. The van der Waals surface area contributed by atoms with Crippen LogP contribution >= 0.6 is 0 Å². The quantitative estimate of drug-likeness (QED) is 0.226. The van der Waals surface area contributed by atoms with E-state index < -0.39 is 11.9 Å². The number of hydrogen-bond donors (Lipinski definition) is 0. The van der Waals surface area contributed by atoms with E-state index in [1.807, 2.05) is 74.5 Å². The van der Waals surface area contributed by atoms with Crippen LogP contribution in [0.4, 0.5) is 11.4 Å². The predicted molar refractivity (Wildman–Crippen MR) is 161 cm³/mol. The first-order chi connectivity index (χ1) is 19.4. The number of anilines is 2. The molecular formula is C33H38N2O5. The van der Waals surface area contributed by atoms with Gasteiger partial charge in [0.2, 0.25) is 0 Å². The largest absolute Gasteiger partial charge is 0.461 e. The van der Waals surface area contributed by atoms with Gasteiger partial charge in [-0.15, -0.1) is 0 Å². The maximum absolute atomic E-state index is 13.1. The van der Waals surface area contributed by atoms with Gasteiger partial charge in [-0.05, 0) is 74.2 Å². The molecule has 0 heterocycles. The minimum atomic E-state index is -0.423. The van der Waals surface area contributed by atoms with Gasteiger partial charge in [-0.25, -0.2) is 9.59 Å². The molecule has 0 N–H and O–H groups in total. The number of carbonyl (C=O) groups excluding carboxylic acids is 3. The molecule has 0 atom stereocenters. The fourth-order valence-corrected chi connectivity index (χ4v) is 4.51. The second kappa shape index (κ2) is 15.3. The molecule has 0 spiro atoms. The number of ether oxygens (including phenoxy) is 2. The Bertz CT molecular complexity index is 1160. The minimum Gasteiger partial charge on any atom is -0.461 e. The Morgan fingerprint density at radius 2 is 1.10 bits per heavy atom. The van der Waals surface area contributed by atoms with Crippen molar-refractivity contribution in [1.82, 2.24) is 0 Å². The van der Waals surface area contributed by atoms with E-state index in [2.05, 4.69) is 23.0 Å². The van der Waals surface area contributed by atoms with Crippen molar-refractivity contribution < 1.29 is 23.9 Å². The zero-order valence-corrected chi connectivity index (χ0v) is 23.4. The molecule has 0 unspecified atom stereocenters. The van der Waals surface area contributed by atoms with Crippen molar-refractivity contribution in [3.8, 4) is 0 Å². The molecule has 40 heavy (non-hydrogen) atoms. The number of rotatable bonds is 14. The van der Waals surface area contributed by atoms with E-state index >= 15 is 0 Å². The summed E-state index contributed by atoms with van der Waals surface area (Å²) in [4.78, 5) is 39.9. The Hall–Kier alpha value is -4.39. The van der Waals surface area contributed by atoms with Crippen LogP contribution in [0.1, 0.15) is 37.8 Å². The van der Waals surface area contributed by atoms with Crippen LogP contribution in [0.3, 0.4) is 0 Å². The van der Waals surface area contributed by atoms with Crippen LogP contribution in [-0.2, 0) is 23.9 Å². The SMILES string of the molecule is C=CC(=O)OCCN(CC)c1ccc(C=C2CCC(=Cc3ccc(N(CC)CCOC(=O)C=C)cc3)C2=O)cc1. The summed E-state index contributed by atoms with van der Waals surface area (Å²) in [6.07, 6.45) is 7.69. The predicted octanol–water partition coefficient (Wildman–Crippen LogP) is 5.63. The molecule has 0 bridgehead atoms.